The van der Waals surface area contributed by atoms with Crippen LogP contribution in [0.25, 0.3) is 0 Å². The van der Waals surface area contributed by atoms with Crippen molar-refractivity contribution in [3.63, 3.8) is 0 Å². The number of imide groups is 1. The fraction of sp³-hybridized carbons (Fsp3) is 0.850. The highest BCUT2D eigenvalue weighted by Gasteiger charge is 2.46. The lowest BCUT2D eigenvalue weighted by Crippen LogP contribution is -2.60. The molecule has 30 heteroatoms. The average molecular weight is 1020 g/mol. The van der Waals surface area contributed by atoms with Crippen LogP contribution in [0.4, 0.5) is 0 Å². The minimum atomic E-state index is -1.83. The first-order valence-corrected chi connectivity index (χ1v) is 22.7. The van der Waals surface area contributed by atoms with Crippen molar-refractivity contribution in [2.75, 3.05) is 72.4 Å². The Labute approximate surface area is 399 Å². The number of hydrogen-bond acceptors (Lipinski definition) is 26. The molecule has 0 bridgehead atoms. The first-order chi connectivity index (χ1) is 33.3. The second kappa shape index (κ2) is 29.1. The zero-order valence-corrected chi connectivity index (χ0v) is 38.0. The van der Waals surface area contributed by atoms with Gasteiger partial charge in [-0.1, -0.05) is 6.42 Å². The molecule has 0 radical (unpaired) electrons. The molecular weight excluding hydrogens is 950 g/mol. The van der Waals surface area contributed by atoms with Gasteiger partial charge in [0.2, 0.25) is 17.7 Å². The molecule has 0 aromatic carbocycles. The quantitative estimate of drug-likeness (QED) is 0.0256. The number of nitrogens with one attached hydrogen (secondary N) is 3. The van der Waals surface area contributed by atoms with Crippen LogP contribution < -0.4 is 16.0 Å². The Morgan fingerprint density at radius 3 is 1.50 bits per heavy atom. The third-order valence-electron chi connectivity index (χ3n) is 11.5. The van der Waals surface area contributed by atoms with Gasteiger partial charge < -0.3 is 110 Å². The lowest BCUT2D eigenvalue weighted by molar-refractivity contribution is -0.304. The topological polar surface area (TPSA) is 452 Å². The predicted molar refractivity (Wildman–Crippen MR) is 224 cm³/mol. The Kier molecular flexibility index (Phi) is 24.4. The van der Waals surface area contributed by atoms with Gasteiger partial charge in [0.1, 0.15) is 73.2 Å². The second-order valence-electron chi connectivity index (χ2n) is 16.9. The number of rotatable bonds is 28. The highest BCUT2D eigenvalue weighted by atomic mass is 16.7. The third-order valence-corrected chi connectivity index (χ3v) is 11.5. The summed E-state index contributed by atoms with van der Waals surface area (Å²) < 4.78 is 32.6. The first-order valence-electron chi connectivity index (χ1n) is 22.7. The largest absolute Gasteiger partial charge is 0.394 e. The average Bonchev–Trinajstić information content (AvgIpc) is 3.64. The van der Waals surface area contributed by atoms with Crippen molar-refractivity contribution in [3.8, 4) is 0 Å². The Balaban J connectivity index is 1.37. The van der Waals surface area contributed by atoms with Crippen molar-refractivity contribution in [1.82, 2.24) is 25.9 Å². The number of unbranched alkanes of at least 4 members (excludes halogenated alkanes) is 2. The van der Waals surface area contributed by atoms with E-state index in [2.05, 4.69) is 16.0 Å². The summed E-state index contributed by atoms with van der Waals surface area (Å²) in [6, 6.07) is -1.11. The van der Waals surface area contributed by atoms with Crippen molar-refractivity contribution in [3.05, 3.63) is 0 Å². The number of hydroxylamine groups is 2. The highest BCUT2D eigenvalue weighted by Crippen LogP contribution is 2.25. The normalized spacial score (nSPS) is 33.0. The number of aliphatic hydroxyl groups is 12. The summed E-state index contributed by atoms with van der Waals surface area (Å²) in [4.78, 5) is 81.4. The smallest absolute Gasteiger partial charge is 0.333 e. The zero-order chi connectivity index (χ0) is 51.7. The summed E-state index contributed by atoms with van der Waals surface area (Å²) in [6.45, 7) is -5.35. The number of carbonyl (C=O) groups excluding carboxylic acids is 6. The van der Waals surface area contributed by atoms with Crippen LogP contribution in [0.5, 0.6) is 0 Å². The van der Waals surface area contributed by atoms with Crippen LogP contribution in [0.2, 0.25) is 0 Å². The number of hydrogen-bond donors (Lipinski definition) is 15. The van der Waals surface area contributed by atoms with Crippen LogP contribution in [-0.2, 0) is 62.0 Å². The Morgan fingerprint density at radius 1 is 0.571 bits per heavy atom. The fourth-order valence-corrected chi connectivity index (χ4v) is 7.48. The van der Waals surface area contributed by atoms with Crippen LogP contribution in [0.15, 0.2) is 0 Å². The van der Waals surface area contributed by atoms with Gasteiger partial charge in [-0.25, -0.2) is 4.79 Å². The molecule has 30 nitrogen and oxygen atoms in total. The summed E-state index contributed by atoms with van der Waals surface area (Å²) in [6.07, 6.45) is -23.6. The first kappa shape index (κ1) is 58.8. The fourth-order valence-electron chi connectivity index (χ4n) is 7.48. The van der Waals surface area contributed by atoms with E-state index < -0.39 is 180 Å². The molecule has 4 heterocycles. The van der Waals surface area contributed by atoms with Crippen LogP contribution in [0.3, 0.4) is 0 Å². The molecule has 0 aromatic heterocycles. The second-order valence-corrected chi connectivity index (χ2v) is 16.9. The van der Waals surface area contributed by atoms with Crippen molar-refractivity contribution in [2.45, 2.75) is 143 Å². The van der Waals surface area contributed by atoms with Gasteiger partial charge in [-0.05, 0) is 19.3 Å². The van der Waals surface area contributed by atoms with Gasteiger partial charge in [-0.15, -0.1) is 5.06 Å². The van der Waals surface area contributed by atoms with Crippen LogP contribution in [0, 0.1) is 0 Å². The Bertz CT molecular complexity index is 1670. The number of carbonyl (C=O) groups is 6. The predicted octanol–water partition coefficient (Wildman–Crippen LogP) is -9.99. The number of aliphatic hydroxyl groups excluding tert-OH is 12. The van der Waals surface area contributed by atoms with Gasteiger partial charge >= 0.3 is 5.97 Å². The maximum absolute atomic E-state index is 13.7. The summed E-state index contributed by atoms with van der Waals surface area (Å²) in [5, 5.41) is 129. The molecular formula is C40H67N5O25. The van der Waals surface area contributed by atoms with Gasteiger partial charge in [0.25, 0.3) is 11.8 Å². The summed E-state index contributed by atoms with van der Waals surface area (Å²) in [7, 11) is 0. The van der Waals surface area contributed by atoms with Crippen molar-refractivity contribution >= 4 is 35.5 Å². The molecule has 4 fully saturated rings. The maximum Gasteiger partial charge on any atom is 0.333 e. The van der Waals surface area contributed by atoms with E-state index in [0.717, 1.165) is 4.90 Å². The number of amides is 5. The SMILES string of the molecule is O=C(CN(CC(=O)NCCO[C@H]1O[C@H](CO)[C@@H](O)[C@H](O)[C@@H]1O)CC(=O)N[C@H](CCO[C@H]1O[C@H](CO)[C@@H](O)[C@H](O)[C@@H]1O)CO[C@H]1O[C@H](CO)[C@@H](O)[C@H](O)[C@@H]1O)NCCCCCC(=O)ON1C(=O)CCC1=O. The van der Waals surface area contributed by atoms with Gasteiger partial charge in [-0.3, -0.25) is 28.9 Å². The van der Waals surface area contributed by atoms with Gasteiger partial charge in [0.05, 0.1) is 65.3 Å². The summed E-state index contributed by atoms with van der Waals surface area (Å²) in [5.74, 6) is -4.24. The minimum absolute atomic E-state index is 0.0569. The standard InChI is InChI=1S/C40H67N5O25/c46-15-20-29(55)32(58)35(61)38(67-20)64-10-7-19(18-66-40-37(63)34(60)31(57)22(17-48)69-40)43-25(51)14-44(13-24(50)42-9-11-65-39-36(62)33(59)30(56)21(16-47)68-39)12-23(49)41-8-3-1-2-4-28(54)70-45-26(52)5-6-27(45)53/h19-22,29-40,46-48,55-63H,1-18H2,(H,41,49)(H,42,50)(H,43,51)/t19-,20-,21-,22-,29-,30-,31-,32+,33+,34+,35+,36+,37+,38+,39+,40+/m1/s1. The van der Waals surface area contributed by atoms with E-state index in [0.29, 0.717) is 17.9 Å². The van der Waals surface area contributed by atoms with E-state index in [1.807, 2.05) is 0 Å². The molecule has 4 aliphatic rings. The number of ether oxygens (including phenoxy) is 6. The maximum atomic E-state index is 13.7. The van der Waals surface area contributed by atoms with Crippen LogP contribution in [0.1, 0.15) is 44.9 Å². The highest BCUT2D eigenvalue weighted by molar-refractivity contribution is 6.01. The van der Waals surface area contributed by atoms with Crippen LogP contribution in [-0.4, -0.2) is 277 Å². The van der Waals surface area contributed by atoms with Gasteiger partial charge in [0, 0.05) is 32.4 Å². The van der Waals surface area contributed by atoms with E-state index in [1.54, 1.807) is 0 Å². The molecule has 16 atom stereocenters. The molecule has 0 saturated carbocycles. The lowest BCUT2D eigenvalue weighted by Gasteiger charge is -2.40. The molecule has 0 unspecified atom stereocenters. The van der Waals surface area contributed by atoms with Crippen LogP contribution >= 0.6 is 0 Å². The van der Waals surface area contributed by atoms with Crippen molar-refractivity contribution < 1.29 is 123 Å². The van der Waals surface area contributed by atoms with E-state index in [9.17, 15) is 90.0 Å². The minimum Gasteiger partial charge on any atom is -0.394 e. The lowest BCUT2D eigenvalue weighted by atomic mass is 9.99. The van der Waals surface area contributed by atoms with E-state index >= 15 is 0 Å². The monoisotopic (exact) mass is 1020 g/mol. The molecule has 0 spiro atoms. The number of nitrogens with zero attached hydrogens (tertiary/aromatic N) is 2. The van der Waals surface area contributed by atoms with E-state index in [4.69, 9.17) is 33.3 Å². The Morgan fingerprint density at radius 2 is 1.01 bits per heavy atom. The van der Waals surface area contributed by atoms with Gasteiger partial charge in [-0.2, -0.15) is 0 Å². The molecule has 402 valence electrons. The summed E-state index contributed by atoms with van der Waals surface area (Å²) >= 11 is 0. The molecule has 5 amide bonds. The molecule has 0 aromatic rings. The van der Waals surface area contributed by atoms with E-state index in [1.165, 1.54) is 0 Å². The zero-order valence-electron chi connectivity index (χ0n) is 38.0. The molecule has 4 aliphatic heterocycles. The van der Waals surface area contributed by atoms with Gasteiger partial charge in [0.15, 0.2) is 18.9 Å². The Hall–Kier alpha value is -3.74. The molecule has 70 heavy (non-hydrogen) atoms. The molecule has 4 saturated heterocycles. The molecule has 4 rings (SSSR count). The third kappa shape index (κ3) is 17.2. The van der Waals surface area contributed by atoms with E-state index in [-0.39, 0.29) is 58.4 Å². The molecule has 0 aliphatic carbocycles. The summed E-state index contributed by atoms with van der Waals surface area (Å²) in [5.41, 5.74) is 0. The van der Waals surface area contributed by atoms with Crippen molar-refractivity contribution in [2.24, 2.45) is 0 Å². The molecule has 15 N–H and O–H groups in total. The van der Waals surface area contributed by atoms with Crippen molar-refractivity contribution in [1.29, 1.82) is 0 Å².